The monoisotopic (exact) mass is 495 g/mol. The minimum atomic E-state index is -0.452. The molecular weight excluding hydrogens is 469 g/mol. The van der Waals surface area contributed by atoms with Crippen LogP contribution in [0.5, 0.6) is 0 Å². The second-order valence-corrected chi connectivity index (χ2v) is 9.68. The van der Waals surface area contributed by atoms with Gasteiger partial charge in [0.05, 0.1) is 23.6 Å². The lowest BCUT2D eigenvalue weighted by atomic mass is 9.95. The van der Waals surface area contributed by atoms with Crippen molar-refractivity contribution in [3.63, 3.8) is 0 Å². The molecule has 186 valence electrons. The molecular formula is C27H26FN9. The van der Waals surface area contributed by atoms with Crippen LogP contribution in [0.2, 0.25) is 0 Å². The van der Waals surface area contributed by atoms with E-state index in [0.29, 0.717) is 29.1 Å². The van der Waals surface area contributed by atoms with Gasteiger partial charge in [-0.25, -0.2) is 14.4 Å². The Morgan fingerprint density at radius 3 is 2.89 bits per heavy atom. The Kier molecular flexibility index (Phi) is 4.88. The molecule has 10 heteroatoms. The van der Waals surface area contributed by atoms with Gasteiger partial charge in [0.1, 0.15) is 11.6 Å². The maximum atomic E-state index is 15.5. The molecule has 37 heavy (non-hydrogen) atoms. The molecule has 0 bridgehead atoms. The third-order valence-electron chi connectivity index (χ3n) is 7.42. The molecule has 0 spiro atoms. The fraction of sp³-hybridized carbons (Fsp3) is 0.259. The molecule has 0 atom stereocenters. The number of benzene rings is 1. The number of hydrogen-bond donors (Lipinski definition) is 3. The molecule has 0 saturated heterocycles. The zero-order valence-electron chi connectivity index (χ0n) is 20.4. The summed E-state index contributed by atoms with van der Waals surface area (Å²) in [7, 11) is 0. The molecule has 2 aliphatic rings. The highest BCUT2D eigenvalue weighted by Gasteiger charge is 2.21. The first-order valence-corrected chi connectivity index (χ1v) is 12.5. The Morgan fingerprint density at radius 2 is 1.97 bits per heavy atom. The number of imidazole rings is 1. The van der Waals surface area contributed by atoms with Crippen molar-refractivity contribution in [1.82, 2.24) is 29.3 Å². The van der Waals surface area contributed by atoms with Crippen molar-refractivity contribution >= 4 is 33.8 Å². The van der Waals surface area contributed by atoms with E-state index >= 15 is 4.39 Å². The molecule has 1 aromatic carbocycles. The van der Waals surface area contributed by atoms with Crippen LogP contribution in [0.15, 0.2) is 43.0 Å². The fourth-order valence-electron chi connectivity index (χ4n) is 5.43. The van der Waals surface area contributed by atoms with Crippen LogP contribution >= 0.6 is 0 Å². The molecule has 0 unspecified atom stereocenters. The van der Waals surface area contributed by atoms with E-state index in [9.17, 15) is 0 Å². The Bertz CT molecular complexity index is 1680. The summed E-state index contributed by atoms with van der Waals surface area (Å²) < 4.78 is 19.6. The summed E-state index contributed by atoms with van der Waals surface area (Å²) in [6, 6.07) is 5.75. The lowest BCUT2D eigenvalue weighted by molar-refractivity contribution is 0.637. The molecule has 0 aliphatic carbocycles. The van der Waals surface area contributed by atoms with Crippen LogP contribution < -0.4 is 16.4 Å². The SMILES string of the molecule is Cc1c(-c2cc3cc(Nc4cc5n(n4)Cc4nccn4CC5)ncc3c(N)c2F)cnc2c1NCCC2. The van der Waals surface area contributed by atoms with Gasteiger partial charge in [0.25, 0.3) is 0 Å². The number of nitrogens with two attached hydrogens (primary N) is 1. The average molecular weight is 496 g/mol. The number of nitrogen functional groups attached to an aromatic ring is 1. The van der Waals surface area contributed by atoms with Crippen LogP contribution in [0, 0.1) is 12.7 Å². The highest BCUT2D eigenvalue weighted by Crippen LogP contribution is 2.38. The standard InChI is InChI=1S/C27H26FN9/c1-15-19(12-32-21-3-2-5-31-27(15)21)18-9-16-10-22(33-13-20(16)26(29)25(18)28)34-23-11-17-4-7-36-8-6-30-24(36)14-37(17)35-23/h6,8-13,31H,2-5,7,14,29H2,1H3,(H,33,34,35). The molecule has 0 radical (unpaired) electrons. The van der Waals surface area contributed by atoms with E-state index < -0.39 is 5.82 Å². The summed E-state index contributed by atoms with van der Waals surface area (Å²) in [4.78, 5) is 13.5. The molecule has 0 amide bonds. The quantitative estimate of drug-likeness (QED) is 0.318. The van der Waals surface area contributed by atoms with Gasteiger partial charge in [0.2, 0.25) is 0 Å². The predicted molar refractivity (Wildman–Crippen MR) is 141 cm³/mol. The van der Waals surface area contributed by atoms with Crippen molar-refractivity contribution in [3.8, 4) is 11.1 Å². The normalized spacial score (nSPS) is 14.4. The summed E-state index contributed by atoms with van der Waals surface area (Å²) in [5.74, 6) is 1.86. The van der Waals surface area contributed by atoms with Crippen LogP contribution in [0.25, 0.3) is 21.9 Å². The van der Waals surface area contributed by atoms with E-state index in [-0.39, 0.29) is 5.69 Å². The molecule has 4 N–H and O–H groups in total. The number of aryl methyl sites for hydroxylation is 3. The van der Waals surface area contributed by atoms with Gasteiger partial charge in [-0.1, -0.05) is 0 Å². The van der Waals surface area contributed by atoms with Crippen molar-refractivity contribution in [2.45, 2.75) is 39.3 Å². The van der Waals surface area contributed by atoms with E-state index in [4.69, 9.17) is 10.8 Å². The number of halogens is 1. The second-order valence-electron chi connectivity index (χ2n) is 9.68. The Hall–Kier alpha value is -4.47. The summed E-state index contributed by atoms with van der Waals surface area (Å²) in [6.45, 7) is 4.39. The van der Waals surface area contributed by atoms with Crippen molar-refractivity contribution in [1.29, 1.82) is 0 Å². The lowest BCUT2D eigenvalue weighted by Crippen LogP contribution is -2.15. The highest BCUT2D eigenvalue weighted by molar-refractivity contribution is 5.98. The largest absolute Gasteiger partial charge is 0.396 e. The molecule has 0 saturated carbocycles. The van der Waals surface area contributed by atoms with Gasteiger partial charge >= 0.3 is 0 Å². The van der Waals surface area contributed by atoms with Crippen molar-refractivity contribution < 1.29 is 4.39 Å². The number of rotatable bonds is 3. The average Bonchev–Trinajstić information content (AvgIpc) is 3.48. The smallest absolute Gasteiger partial charge is 0.154 e. The number of pyridine rings is 2. The number of nitrogens with one attached hydrogen (secondary N) is 2. The van der Waals surface area contributed by atoms with E-state index in [1.165, 1.54) is 0 Å². The predicted octanol–water partition coefficient (Wildman–Crippen LogP) is 4.43. The zero-order valence-corrected chi connectivity index (χ0v) is 20.4. The van der Waals surface area contributed by atoms with Crippen LogP contribution in [-0.4, -0.2) is 35.8 Å². The minimum Gasteiger partial charge on any atom is -0.396 e. The zero-order chi connectivity index (χ0) is 25.1. The van der Waals surface area contributed by atoms with Gasteiger partial charge in [-0.15, -0.1) is 0 Å². The number of hydrogen-bond acceptors (Lipinski definition) is 7. The first-order chi connectivity index (χ1) is 18.0. The fourth-order valence-corrected chi connectivity index (χ4v) is 5.43. The van der Waals surface area contributed by atoms with E-state index in [0.717, 1.165) is 71.8 Å². The molecule has 7 rings (SSSR count). The Labute approximate surface area is 212 Å². The summed E-state index contributed by atoms with van der Waals surface area (Å²) in [6.07, 6.45) is 10.0. The summed E-state index contributed by atoms with van der Waals surface area (Å²) in [5, 5.41) is 12.8. The van der Waals surface area contributed by atoms with Crippen molar-refractivity contribution in [2.75, 3.05) is 22.9 Å². The summed E-state index contributed by atoms with van der Waals surface area (Å²) in [5.41, 5.74) is 11.7. The Balaban J connectivity index is 1.24. The topological polar surface area (TPSA) is 112 Å². The molecule has 6 heterocycles. The van der Waals surface area contributed by atoms with Gasteiger partial charge in [0, 0.05) is 72.6 Å². The number of anilines is 4. The minimum absolute atomic E-state index is 0.0841. The maximum absolute atomic E-state index is 15.5. The van der Waals surface area contributed by atoms with Gasteiger partial charge in [-0.2, -0.15) is 5.10 Å². The van der Waals surface area contributed by atoms with E-state index in [1.54, 1.807) is 12.4 Å². The van der Waals surface area contributed by atoms with Gasteiger partial charge in [-0.3, -0.25) is 9.67 Å². The number of aromatic nitrogens is 6. The van der Waals surface area contributed by atoms with Crippen LogP contribution in [0.1, 0.15) is 29.2 Å². The van der Waals surface area contributed by atoms with Gasteiger partial charge in [0.15, 0.2) is 11.6 Å². The van der Waals surface area contributed by atoms with Gasteiger partial charge < -0.3 is 20.9 Å². The maximum Gasteiger partial charge on any atom is 0.154 e. The number of fused-ring (bicyclic) bond motifs is 4. The molecule has 5 aromatic rings. The lowest BCUT2D eigenvalue weighted by Gasteiger charge is -2.21. The second kappa shape index (κ2) is 8.29. The van der Waals surface area contributed by atoms with Crippen molar-refractivity contribution in [3.05, 3.63) is 71.6 Å². The highest BCUT2D eigenvalue weighted by atomic mass is 19.1. The molecule has 2 aliphatic heterocycles. The molecule has 0 fully saturated rings. The van der Waals surface area contributed by atoms with E-state index in [1.807, 2.05) is 42.2 Å². The first-order valence-electron chi connectivity index (χ1n) is 12.5. The van der Waals surface area contributed by atoms with Gasteiger partial charge in [-0.05, 0) is 42.8 Å². The van der Waals surface area contributed by atoms with Crippen LogP contribution in [0.4, 0.5) is 27.4 Å². The molecule has 9 nitrogen and oxygen atoms in total. The molecule has 4 aromatic heterocycles. The number of nitrogens with zero attached hydrogens (tertiary/aromatic N) is 6. The third-order valence-corrected chi connectivity index (χ3v) is 7.42. The van der Waals surface area contributed by atoms with Crippen LogP contribution in [-0.2, 0) is 25.9 Å². The Morgan fingerprint density at radius 1 is 1.05 bits per heavy atom. The van der Waals surface area contributed by atoms with Crippen LogP contribution in [0.3, 0.4) is 0 Å². The third kappa shape index (κ3) is 3.59. The summed E-state index contributed by atoms with van der Waals surface area (Å²) >= 11 is 0. The van der Waals surface area contributed by atoms with Crippen molar-refractivity contribution in [2.24, 2.45) is 0 Å². The first kappa shape index (κ1) is 21.8. The van der Waals surface area contributed by atoms with E-state index in [2.05, 4.69) is 30.2 Å².